The van der Waals surface area contributed by atoms with Crippen molar-refractivity contribution in [3.8, 4) is 0 Å². The van der Waals surface area contributed by atoms with Gasteiger partial charge in [0, 0.05) is 42.9 Å². The fourth-order valence-corrected chi connectivity index (χ4v) is 3.05. The summed E-state index contributed by atoms with van der Waals surface area (Å²) in [6.45, 7) is 4.39. The van der Waals surface area contributed by atoms with Crippen molar-refractivity contribution in [2.45, 2.75) is 26.8 Å². The van der Waals surface area contributed by atoms with Crippen LogP contribution in [0.4, 0.5) is 11.4 Å². The van der Waals surface area contributed by atoms with Gasteiger partial charge in [-0.1, -0.05) is 12.1 Å². The molecule has 0 aromatic heterocycles. The van der Waals surface area contributed by atoms with Crippen LogP contribution in [0.2, 0.25) is 0 Å². The van der Waals surface area contributed by atoms with E-state index < -0.39 is 10.8 Å². The van der Waals surface area contributed by atoms with Gasteiger partial charge < -0.3 is 10.2 Å². The predicted octanol–water partition coefficient (Wildman–Crippen LogP) is 3.06. The standard InChI is InChI=1S/C19H19N3O4/c1-12-3-4-15(10-18(12)22(25)26)19(24)20-17-6-5-14-7-8-21(13(2)23)11-16(14)9-17/h3-6,9-10H,7-8,11H2,1-2H3,(H,20,24). The van der Waals surface area contributed by atoms with Gasteiger partial charge in [-0.2, -0.15) is 0 Å². The number of anilines is 1. The zero-order valence-corrected chi connectivity index (χ0v) is 14.6. The van der Waals surface area contributed by atoms with Gasteiger partial charge in [-0.3, -0.25) is 19.7 Å². The third kappa shape index (κ3) is 3.56. The van der Waals surface area contributed by atoms with Crippen LogP contribution in [0, 0.1) is 17.0 Å². The van der Waals surface area contributed by atoms with Gasteiger partial charge in [0.2, 0.25) is 5.91 Å². The highest BCUT2D eigenvalue weighted by Crippen LogP contribution is 2.24. The molecule has 26 heavy (non-hydrogen) atoms. The van der Waals surface area contributed by atoms with Gasteiger partial charge in [0.15, 0.2) is 0 Å². The third-order valence-electron chi connectivity index (χ3n) is 4.59. The number of nitro benzene ring substituents is 1. The average molecular weight is 353 g/mol. The number of nitrogens with zero attached hydrogens (tertiary/aromatic N) is 2. The fourth-order valence-electron chi connectivity index (χ4n) is 3.05. The van der Waals surface area contributed by atoms with E-state index in [0.717, 1.165) is 17.5 Å². The number of fused-ring (bicyclic) bond motifs is 1. The van der Waals surface area contributed by atoms with Crippen molar-refractivity contribution in [3.63, 3.8) is 0 Å². The molecule has 0 atom stereocenters. The van der Waals surface area contributed by atoms with E-state index in [0.29, 0.717) is 24.3 Å². The number of carbonyl (C=O) groups excluding carboxylic acids is 2. The van der Waals surface area contributed by atoms with Gasteiger partial charge in [0.25, 0.3) is 11.6 Å². The molecule has 1 heterocycles. The molecule has 3 rings (SSSR count). The van der Waals surface area contributed by atoms with E-state index in [1.165, 1.54) is 6.07 Å². The molecule has 134 valence electrons. The molecule has 0 saturated heterocycles. The topological polar surface area (TPSA) is 92.6 Å². The molecule has 0 unspecified atom stereocenters. The van der Waals surface area contributed by atoms with Crippen molar-refractivity contribution in [1.82, 2.24) is 4.90 Å². The van der Waals surface area contributed by atoms with Gasteiger partial charge in [-0.15, -0.1) is 0 Å². The van der Waals surface area contributed by atoms with Crippen LogP contribution in [0.3, 0.4) is 0 Å². The van der Waals surface area contributed by atoms with Gasteiger partial charge >= 0.3 is 0 Å². The first-order chi connectivity index (χ1) is 12.3. The highest BCUT2D eigenvalue weighted by Gasteiger charge is 2.19. The van der Waals surface area contributed by atoms with E-state index in [-0.39, 0.29) is 17.2 Å². The third-order valence-corrected chi connectivity index (χ3v) is 4.59. The smallest absolute Gasteiger partial charge is 0.273 e. The molecule has 0 aliphatic carbocycles. The summed E-state index contributed by atoms with van der Waals surface area (Å²) in [5.41, 5.74) is 3.41. The minimum Gasteiger partial charge on any atom is -0.338 e. The van der Waals surface area contributed by atoms with E-state index in [2.05, 4.69) is 5.32 Å². The molecule has 0 bridgehead atoms. The van der Waals surface area contributed by atoms with Crippen molar-refractivity contribution in [2.24, 2.45) is 0 Å². The molecule has 7 nitrogen and oxygen atoms in total. The fraction of sp³-hybridized carbons (Fsp3) is 0.263. The Hall–Kier alpha value is -3.22. The lowest BCUT2D eigenvalue weighted by atomic mass is 9.99. The number of nitrogens with one attached hydrogen (secondary N) is 1. The molecule has 1 aliphatic rings. The zero-order valence-electron chi connectivity index (χ0n) is 14.6. The van der Waals surface area contributed by atoms with Crippen LogP contribution in [-0.2, 0) is 17.8 Å². The summed E-state index contributed by atoms with van der Waals surface area (Å²) >= 11 is 0. The Morgan fingerprint density at radius 1 is 1.15 bits per heavy atom. The maximum Gasteiger partial charge on any atom is 0.273 e. The van der Waals surface area contributed by atoms with E-state index in [1.54, 1.807) is 30.9 Å². The molecular weight excluding hydrogens is 334 g/mol. The summed E-state index contributed by atoms with van der Waals surface area (Å²) in [5.74, 6) is -0.385. The summed E-state index contributed by atoms with van der Waals surface area (Å²) in [5, 5.41) is 13.8. The molecule has 0 spiro atoms. The average Bonchev–Trinajstić information content (AvgIpc) is 2.61. The molecule has 0 radical (unpaired) electrons. The van der Waals surface area contributed by atoms with Gasteiger partial charge in [-0.25, -0.2) is 0 Å². The van der Waals surface area contributed by atoms with Crippen molar-refractivity contribution in [1.29, 1.82) is 0 Å². The largest absolute Gasteiger partial charge is 0.338 e. The minimum absolute atomic E-state index is 0.0250. The van der Waals surface area contributed by atoms with Gasteiger partial charge in [0.1, 0.15) is 0 Å². The Labute approximate surface area is 150 Å². The van der Waals surface area contributed by atoms with Crippen LogP contribution < -0.4 is 5.32 Å². The van der Waals surface area contributed by atoms with Crippen LogP contribution in [0.25, 0.3) is 0 Å². The number of carbonyl (C=O) groups is 2. The predicted molar refractivity (Wildman–Crippen MR) is 97.0 cm³/mol. The first kappa shape index (κ1) is 17.6. The van der Waals surface area contributed by atoms with Gasteiger partial charge in [0.05, 0.1) is 4.92 Å². The van der Waals surface area contributed by atoms with Crippen molar-refractivity contribution >= 4 is 23.2 Å². The lowest BCUT2D eigenvalue weighted by Gasteiger charge is -2.28. The van der Waals surface area contributed by atoms with Crippen molar-refractivity contribution in [2.75, 3.05) is 11.9 Å². The molecular formula is C19H19N3O4. The Morgan fingerprint density at radius 2 is 1.92 bits per heavy atom. The first-order valence-electron chi connectivity index (χ1n) is 8.29. The van der Waals surface area contributed by atoms with Crippen molar-refractivity contribution in [3.05, 3.63) is 68.8 Å². The maximum atomic E-state index is 12.4. The highest BCUT2D eigenvalue weighted by molar-refractivity contribution is 6.04. The highest BCUT2D eigenvalue weighted by atomic mass is 16.6. The monoisotopic (exact) mass is 353 g/mol. The second-order valence-electron chi connectivity index (χ2n) is 6.39. The minimum atomic E-state index is -0.499. The van der Waals surface area contributed by atoms with Gasteiger partial charge in [-0.05, 0) is 42.7 Å². The number of amides is 2. The normalized spacial score (nSPS) is 13.1. The lowest BCUT2D eigenvalue weighted by molar-refractivity contribution is -0.385. The molecule has 1 N–H and O–H groups in total. The quantitative estimate of drug-likeness (QED) is 0.678. The lowest BCUT2D eigenvalue weighted by Crippen LogP contribution is -2.34. The Bertz CT molecular complexity index is 908. The van der Waals surface area contributed by atoms with E-state index in [4.69, 9.17) is 0 Å². The van der Waals surface area contributed by atoms with Crippen molar-refractivity contribution < 1.29 is 14.5 Å². The number of aryl methyl sites for hydroxylation is 1. The Balaban J connectivity index is 1.80. The SMILES string of the molecule is CC(=O)N1CCc2ccc(NC(=O)c3ccc(C)c([N+](=O)[O-])c3)cc2C1. The molecule has 2 amide bonds. The van der Waals surface area contributed by atoms with Crippen LogP contribution in [0.1, 0.15) is 34.0 Å². The molecule has 7 heteroatoms. The second-order valence-corrected chi connectivity index (χ2v) is 6.39. The molecule has 0 fully saturated rings. The number of rotatable bonds is 3. The molecule has 2 aromatic rings. The van der Waals surface area contributed by atoms with Crippen LogP contribution in [0.15, 0.2) is 36.4 Å². The summed E-state index contributed by atoms with van der Waals surface area (Å²) in [6.07, 6.45) is 0.785. The van der Waals surface area contributed by atoms with E-state index in [9.17, 15) is 19.7 Å². The molecule has 0 saturated carbocycles. The number of benzene rings is 2. The summed E-state index contributed by atoms with van der Waals surface area (Å²) < 4.78 is 0. The van der Waals surface area contributed by atoms with E-state index in [1.807, 2.05) is 18.2 Å². The van der Waals surface area contributed by atoms with Crippen LogP contribution in [-0.4, -0.2) is 28.2 Å². The number of hydrogen-bond donors (Lipinski definition) is 1. The molecule has 1 aliphatic heterocycles. The molecule has 2 aromatic carbocycles. The Kier molecular flexibility index (Phi) is 4.71. The summed E-state index contributed by atoms with van der Waals surface area (Å²) in [6, 6.07) is 10.0. The van der Waals surface area contributed by atoms with E-state index >= 15 is 0 Å². The summed E-state index contributed by atoms with van der Waals surface area (Å²) in [4.78, 5) is 36.3. The Morgan fingerprint density at radius 3 is 2.62 bits per heavy atom. The van der Waals surface area contributed by atoms with Crippen LogP contribution in [0.5, 0.6) is 0 Å². The summed E-state index contributed by atoms with van der Waals surface area (Å²) in [7, 11) is 0. The number of hydrogen-bond acceptors (Lipinski definition) is 4. The number of nitro groups is 1. The zero-order chi connectivity index (χ0) is 18.8. The first-order valence-corrected chi connectivity index (χ1v) is 8.29. The second kappa shape index (κ2) is 6.95. The van der Waals surface area contributed by atoms with Crippen LogP contribution >= 0.6 is 0 Å². The maximum absolute atomic E-state index is 12.4.